The predicted octanol–water partition coefficient (Wildman–Crippen LogP) is 3.74. The molecule has 2 heterocycles. The van der Waals surface area contributed by atoms with Crippen LogP contribution >= 0.6 is 11.3 Å². The Bertz CT molecular complexity index is 917. The Kier molecular flexibility index (Phi) is 5.25. The van der Waals surface area contributed by atoms with E-state index in [2.05, 4.69) is 16.5 Å². The Hall–Kier alpha value is -2.60. The van der Waals surface area contributed by atoms with Crippen molar-refractivity contribution in [1.29, 1.82) is 0 Å². The van der Waals surface area contributed by atoms with E-state index in [9.17, 15) is 4.79 Å². The number of amides is 1. The summed E-state index contributed by atoms with van der Waals surface area (Å²) in [7, 11) is 1.69. The third kappa shape index (κ3) is 3.90. The summed E-state index contributed by atoms with van der Waals surface area (Å²) in [5, 5.41) is 11.8. The van der Waals surface area contributed by atoms with E-state index in [4.69, 9.17) is 4.74 Å². The summed E-state index contributed by atoms with van der Waals surface area (Å²) in [6, 6.07) is 10.1. The lowest BCUT2D eigenvalue weighted by Crippen LogP contribution is -2.32. The lowest BCUT2D eigenvalue weighted by atomic mass is 9.92. The molecule has 6 heteroatoms. The molecule has 4 rings (SSSR count). The number of carbonyl (C=O) groups excluding carboxylic acids is 1. The standard InChI is InChI=1S/C21H23N3O2S/c1-26-20-8-3-2-5-16(20)13-24-19-7-4-6-18(17(19)12-22-24)23-21(25)11-15-9-10-27-14-15/h2-3,5,8-10,12,14,18H,4,6-7,11,13H2,1H3,(H,23,25)/t18-/m0/s1. The monoisotopic (exact) mass is 381 g/mol. The van der Waals surface area contributed by atoms with Crippen LogP contribution in [0.3, 0.4) is 0 Å². The Morgan fingerprint density at radius 2 is 2.26 bits per heavy atom. The summed E-state index contributed by atoms with van der Waals surface area (Å²) < 4.78 is 7.51. The van der Waals surface area contributed by atoms with Crippen molar-refractivity contribution in [2.24, 2.45) is 0 Å². The number of thiophene rings is 1. The van der Waals surface area contributed by atoms with Crippen LogP contribution in [0.5, 0.6) is 5.75 Å². The van der Waals surface area contributed by atoms with Crippen molar-refractivity contribution in [1.82, 2.24) is 15.1 Å². The zero-order valence-electron chi connectivity index (χ0n) is 15.4. The van der Waals surface area contributed by atoms with Gasteiger partial charge in [-0.15, -0.1) is 0 Å². The zero-order valence-corrected chi connectivity index (χ0v) is 16.2. The van der Waals surface area contributed by atoms with Gasteiger partial charge in [0, 0.05) is 16.8 Å². The minimum atomic E-state index is 0.0475. The fraction of sp³-hybridized carbons (Fsp3) is 0.333. The average Bonchev–Trinajstić information content (AvgIpc) is 3.33. The second-order valence-electron chi connectivity index (χ2n) is 6.84. The van der Waals surface area contributed by atoms with Crippen molar-refractivity contribution in [2.75, 3.05) is 7.11 Å². The molecule has 0 aliphatic heterocycles. The van der Waals surface area contributed by atoms with Crippen LogP contribution in [0.2, 0.25) is 0 Å². The van der Waals surface area contributed by atoms with Crippen LogP contribution in [0.1, 0.15) is 41.3 Å². The van der Waals surface area contributed by atoms with Crippen molar-refractivity contribution in [3.05, 3.63) is 69.7 Å². The Morgan fingerprint density at radius 1 is 1.37 bits per heavy atom. The maximum atomic E-state index is 12.4. The Balaban J connectivity index is 1.50. The lowest BCUT2D eigenvalue weighted by molar-refractivity contribution is -0.121. The highest BCUT2D eigenvalue weighted by atomic mass is 32.1. The summed E-state index contributed by atoms with van der Waals surface area (Å²) in [6.07, 6.45) is 5.35. The molecule has 1 aliphatic carbocycles. The van der Waals surface area contributed by atoms with Gasteiger partial charge in [0.15, 0.2) is 0 Å². The van der Waals surface area contributed by atoms with E-state index in [1.54, 1.807) is 18.4 Å². The number of hydrogen-bond donors (Lipinski definition) is 1. The average molecular weight is 382 g/mol. The molecule has 3 aromatic rings. The summed E-state index contributed by atoms with van der Waals surface area (Å²) in [4.78, 5) is 12.4. The molecule has 2 aromatic heterocycles. The molecule has 1 N–H and O–H groups in total. The minimum absolute atomic E-state index is 0.0475. The molecule has 0 radical (unpaired) electrons. The number of carbonyl (C=O) groups is 1. The van der Waals surface area contributed by atoms with Gasteiger partial charge in [0.05, 0.1) is 32.3 Å². The highest BCUT2D eigenvalue weighted by Crippen LogP contribution is 2.30. The van der Waals surface area contributed by atoms with Crippen molar-refractivity contribution >= 4 is 17.2 Å². The maximum Gasteiger partial charge on any atom is 0.224 e. The molecule has 0 saturated heterocycles. The second kappa shape index (κ2) is 7.96. The Labute approximate surface area is 163 Å². The van der Waals surface area contributed by atoms with E-state index in [0.717, 1.165) is 41.7 Å². The van der Waals surface area contributed by atoms with Crippen LogP contribution < -0.4 is 10.1 Å². The first-order valence-electron chi connectivity index (χ1n) is 9.21. The van der Waals surface area contributed by atoms with Crippen molar-refractivity contribution in [3.63, 3.8) is 0 Å². The van der Waals surface area contributed by atoms with E-state index in [-0.39, 0.29) is 11.9 Å². The lowest BCUT2D eigenvalue weighted by Gasteiger charge is -2.24. The molecule has 5 nitrogen and oxygen atoms in total. The SMILES string of the molecule is COc1ccccc1Cn1ncc2c1CCC[C@@H]2NC(=O)Cc1ccsc1. The number of hydrogen-bond acceptors (Lipinski definition) is 4. The number of para-hydroxylation sites is 1. The van der Waals surface area contributed by atoms with Gasteiger partial charge in [0.25, 0.3) is 0 Å². The normalized spacial score (nSPS) is 16.0. The first-order chi connectivity index (χ1) is 13.2. The number of nitrogens with zero attached hydrogens (tertiary/aromatic N) is 2. The summed E-state index contributed by atoms with van der Waals surface area (Å²) in [5.74, 6) is 0.946. The van der Waals surface area contributed by atoms with E-state index < -0.39 is 0 Å². The van der Waals surface area contributed by atoms with Crippen molar-refractivity contribution < 1.29 is 9.53 Å². The zero-order chi connectivity index (χ0) is 18.6. The number of benzene rings is 1. The topological polar surface area (TPSA) is 56.1 Å². The quantitative estimate of drug-likeness (QED) is 0.708. The highest BCUT2D eigenvalue weighted by Gasteiger charge is 2.25. The first kappa shape index (κ1) is 17.8. The molecule has 0 unspecified atom stereocenters. The smallest absolute Gasteiger partial charge is 0.224 e. The molecule has 0 saturated carbocycles. The van der Waals surface area contributed by atoms with Gasteiger partial charge in [-0.1, -0.05) is 18.2 Å². The molecule has 0 bridgehead atoms. The number of methoxy groups -OCH3 is 1. The van der Waals surface area contributed by atoms with Gasteiger partial charge in [-0.05, 0) is 47.7 Å². The molecule has 140 valence electrons. The molecule has 1 amide bonds. The molecular formula is C21H23N3O2S. The van der Waals surface area contributed by atoms with Crippen LogP contribution in [-0.4, -0.2) is 22.8 Å². The molecule has 0 spiro atoms. The van der Waals surface area contributed by atoms with Gasteiger partial charge >= 0.3 is 0 Å². The number of aromatic nitrogens is 2. The van der Waals surface area contributed by atoms with Gasteiger partial charge in [0.1, 0.15) is 5.75 Å². The number of ether oxygens (including phenoxy) is 1. The number of nitrogens with one attached hydrogen (secondary N) is 1. The van der Waals surface area contributed by atoms with Crippen LogP contribution in [0.15, 0.2) is 47.3 Å². The molecule has 1 aliphatic rings. The summed E-state index contributed by atoms with van der Waals surface area (Å²) in [5.41, 5.74) is 4.54. The van der Waals surface area contributed by atoms with Gasteiger partial charge in [-0.2, -0.15) is 16.4 Å². The van der Waals surface area contributed by atoms with Crippen molar-refractivity contribution in [2.45, 2.75) is 38.3 Å². The fourth-order valence-corrected chi connectivity index (χ4v) is 4.39. The van der Waals surface area contributed by atoms with Crippen molar-refractivity contribution in [3.8, 4) is 5.75 Å². The molecule has 27 heavy (non-hydrogen) atoms. The number of rotatable bonds is 6. The molecule has 1 atom stereocenters. The van der Waals surface area contributed by atoms with Gasteiger partial charge in [0.2, 0.25) is 5.91 Å². The summed E-state index contributed by atoms with van der Waals surface area (Å²) in [6.45, 7) is 0.676. The fourth-order valence-electron chi connectivity index (χ4n) is 3.72. The van der Waals surface area contributed by atoms with Crippen LogP contribution in [0.4, 0.5) is 0 Å². The van der Waals surface area contributed by atoms with E-state index in [0.29, 0.717) is 13.0 Å². The van der Waals surface area contributed by atoms with E-state index in [1.165, 1.54) is 5.69 Å². The third-order valence-electron chi connectivity index (χ3n) is 5.06. The predicted molar refractivity (Wildman–Crippen MR) is 106 cm³/mol. The van der Waals surface area contributed by atoms with Gasteiger partial charge in [-0.3, -0.25) is 9.48 Å². The van der Waals surface area contributed by atoms with Crippen LogP contribution in [0, 0.1) is 0 Å². The largest absolute Gasteiger partial charge is 0.496 e. The van der Waals surface area contributed by atoms with Gasteiger partial charge < -0.3 is 10.1 Å². The van der Waals surface area contributed by atoms with E-state index >= 15 is 0 Å². The second-order valence-corrected chi connectivity index (χ2v) is 7.62. The summed E-state index contributed by atoms with van der Waals surface area (Å²) >= 11 is 1.62. The van der Waals surface area contributed by atoms with Crippen LogP contribution in [-0.2, 0) is 24.2 Å². The van der Waals surface area contributed by atoms with Gasteiger partial charge in [-0.25, -0.2) is 0 Å². The van der Waals surface area contributed by atoms with E-state index in [1.807, 2.05) is 45.9 Å². The minimum Gasteiger partial charge on any atom is -0.496 e. The maximum absolute atomic E-state index is 12.4. The number of fused-ring (bicyclic) bond motifs is 1. The molecular weight excluding hydrogens is 358 g/mol. The third-order valence-corrected chi connectivity index (χ3v) is 5.79. The molecule has 0 fully saturated rings. The first-order valence-corrected chi connectivity index (χ1v) is 10.2. The van der Waals surface area contributed by atoms with Crippen LogP contribution in [0.25, 0.3) is 0 Å². The highest BCUT2D eigenvalue weighted by molar-refractivity contribution is 7.08. The molecule has 1 aromatic carbocycles. The Morgan fingerprint density at radius 3 is 3.07 bits per heavy atom.